The predicted molar refractivity (Wildman–Crippen MR) is 69.0 cm³/mol. The molecule has 1 aliphatic rings. The zero-order chi connectivity index (χ0) is 11.0. The second-order valence-electron chi connectivity index (χ2n) is 4.29. The molecule has 2 heteroatoms. The van der Waals surface area contributed by atoms with Gasteiger partial charge in [-0.25, -0.2) is 4.98 Å². The summed E-state index contributed by atoms with van der Waals surface area (Å²) in [6, 6.07) is 8.69. The minimum Gasteiger partial charge on any atom is -0.241 e. The normalized spacial score (nSPS) is 13.3. The Morgan fingerprint density at radius 1 is 1.25 bits per heavy atom. The monoisotopic (exact) mass is 229 g/mol. The number of nitrogens with zero attached hydrogens (tertiary/aromatic N) is 1. The summed E-state index contributed by atoms with van der Waals surface area (Å²) in [5, 5.41) is 1.31. The standard InChI is InChI=1S/C14H15NS/c1-2-5-13-15-14-11-7-4-3-6-10(11)8-9-12(14)16-13/h3-4,6-7H,2,5,8-9H2,1H3. The molecular formula is C14H15NS. The maximum atomic E-state index is 4.80. The number of hydrogen-bond acceptors (Lipinski definition) is 2. The molecule has 1 aromatic heterocycles. The van der Waals surface area contributed by atoms with Crippen LogP contribution in [0.1, 0.15) is 28.8 Å². The van der Waals surface area contributed by atoms with Crippen molar-refractivity contribution in [3.8, 4) is 11.3 Å². The highest BCUT2D eigenvalue weighted by atomic mass is 32.1. The number of aromatic nitrogens is 1. The van der Waals surface area contributed by atoms with Crippen LogP contribution in [-0.2, 0) is 19.3 Å². The Hall–Kier alpha value is -1.15. The molecule has 1 aromatic carbocycles. The van der Waals surface area contributed by atoms with Crippen molar-refractivity contribution in [1.29, 1.82) is 0 Å². The Bertz CT molecular complexity index is 513. The summed E-state index contributed by atoms with van der Waals surface area (Å²) >= 11 is 1.91. The lowest BCUT2D eigenvalue weighted by Crippen LogP contribution is -2.01. The summed E-state index contributed by atoms with van der Waals surface area (Å²) in [6.07, 6.45) is 4.67. The van der Waals surface area contributed by atoms with E-state index in [0.29, 0.717) is 0 Å². The second kappa shape index (κ2) is 4.02. The molecule has 1 heterocycles. The van der Waals surface area contributed by atoms with E-state index in [4.69, 9.17) is 4.98 Å². The van der Waals surface area contributed by atoms with Gasteiger partial charge in [0, 0.05) is 10.4 Å². The molecule has 0 atom stereocenters. The van der Waals surface area contributed by atoms with E-state index < -0.39 is 0 Å². The van der Waals surface area contributed by atoms with Crippen molar-refractivity contribution in [3.63, 3.8) is 0 Å². The summed E-state index contributed by atoms with van der Waals surface area (Å²) in [7, 11) is 0. The number of hydrogen-bond donors (Lipinski definition) is 0. The van der Waals surface area contributed by atoms with Gasteiger partial charge in [0.15, 0.2) is 0 Å². The predicted octanol–water partition coefficient (Wildman–Crippen LogP) is 3.86. The molecule has 82 valence electrons. The van der Waals surface area contributed by atoms with E-state index in [1.807, 2.05) is 11.3 Å². The quantitative estimate of drug-likeness (QED) is 0.762. The van der Waals surface area contributed by atoms with Gasteiger partial charge in [-0.15, -0.1) is 11.3 Å². The summed E-state index contributed by atoms with van der Waals surface area (Å²) in [6.45, 7) is 2.22. The van der Waals surface area contributed by atoms with Gasteiger partial charge in [0.2, 0.25) is 0 Å². The van der Waals surface area contributed by atoms with E-state index >= 15 is 0 Å². The van der Waals surface area contributed by atoms with Crippen LogP contribution in [0.25, 0.3) is 11.3 Å². The molecule has 0 saturated carbocycles. The van der Waals surface area contributed by atoms with E-state index in [-0.39, 0.29) is 0 Å². The maximum Gasteiger partial charge on any atom is 0.0935 e. The van der Waals surface area contributed by atoms with Gasteiger partial charge in [-0.05, 0) is 31.2 Å². The molecule has 0 saturated heterocycles. The van der Waals surface area contributed by atoms with Crippen molar-refractivity contribution >= 4 is 11.3 Å². The topological polar surface area (TPSA) is 12.9 Å². The van der Waals surface area contributed by atoms with Crippen LogP contribution >= 0.6 is 11.3 Å². The lowest BCUT2D eigenvalue weighted by atomic mass is 9.94. The zero-order valence-electron chi connectivity index (χ0n) is 9.49. The van der Waals surface area contributed by atoms with Crippen LogP contribution in [0.3, 0.4) is 0 Å². The van der Waals surface area contributed by atoms with Gasteiger partial charge >= 0.3 is 0 Å². The van der Waals surface area contributed by atoms with Gasteiger partial charge in [0.05, 0.1) is 10.7 Å². The molecule has 0 bridgehead atoms. The molecule has 0 spiro atoms. The highest BCUT2D eigenvalue weighted by Crippen LogP contribution is 2.36. The first-order valence-corrected chi connectivity index (χ1v) is 6.77. The average molecular weight is 229 g/mol. The largest absolute Gasteiger partial charge is 0.241 e. The van der Waals surface area contributed by atoms with Crippen LogP contribution in [0.15, 0.2) is 24.3 Å². The van der Waals surface area contributed by atoms with Gasteiger partial charge in [0.1, 0.15) is 0 Å². The van der Waals surface area contributed by atoms with E-state index in [9.17, 15) is 0 Å². The summed E-state index contributed by atoms with van der Waals surface area (Å²) in [5.74, 6) is 0. The second-order valence-corrected chi connectivity index (χ2v) is 5.45. The van der Waals surface area contributed by atoms with Crippen LogP contribution in [-0.4, -0.2) is 4.98 Å². The summed E-state index contributed by atoms with van der Waals surface area (Å²) in [4.78, 5) is 6.29. The van der Waals surface area contributed by atoms with Crippen molar-refractivity contribution in [3.05, 3.63) is 39.7 Å². The Balaban J connectivity index is 2.09. The third-order valence-corrected chi connectivity index (χ3v) is 4.27. The number of fused-ring (bicyclic) bond motifs is 3. The molecule has 1 nitrogen and oxygen atoms in total. The molecule has 2 aromatic rings. The van der Waals surface area contributed by atoms with Crippen LogP contribution < -0.4 is 0 Å². The fourth-order valence-electron chi connectivity index (χ4n) is 2.32. The highest BCUT2D eigenvalue weighted by Gasteiger charge is 2.19. The van der Waals surface area contributed by atoms with E-state index in [1.54, 1.807) is 0 Å². The third kappa shape index (κ3) is 1.57. The molecule has 0 unspecified atom stereocenters. The molecule has 0 N–H and O–H groups in total. The van der Waals surface area contributed by atoms with E-state index in [0.717, 1.165) is 6.42 Å². The first kappa shape index (κ1) is 10.0. The van der Waals surface area contributed by atoms with Crippen LogP contribution in [0, 0.1) is 0 Å². The molecule has 0 fully saturated rings. The highest BCUT2D eigenvalue weighted by molar-refractivity contribution is 7.12. The maximum absolute atomic E-state index is 4.80. The van der Waals surface area contributed by atoms with Crippen molar-refractivity contribution in [2.24, 2.45) is 0 Å². The Morgan fingerprint density at radius 3 is 3.00 bits per heavy atom. The molecule has 0 amide bonds. The molecule has 0 radical (unpaired) electrons. The number of benzene rings is 1. The Labute approximate surface area is 100 Å². The Morgan fingerprint density at radius 2 is 2.12 bits per heavy atom. The molecule has 3 rings (SSSR count). The first-order chi connectivity index (χ1) is 7.88. The minimum absolute atomic E-state index is 1.12. The van der Waals surface area contributed by atoms with Crippen LogP contribution in [0.4, 0.5) is 0 Å². The van der Waals surface area contributed by atoms with E-state index in [2.05, 4.69) is 31.2 Å². The SMILES string of the molecule is CCCc1nc2c(s1)CCc1ccccc1-2. The Kier molecular flexibility index (Phi) is 2.52. The van der Waals surface area contributed by atoms with Crippen LogP contribution in [0.2, 0.25) is 0 Å². The first-order valence-electron chi connectivity index (χ1n) is 5.95. The fraction of sp³-hybridized carbons (Fsp3) is 0.357. The lowest BCUT2D eigenvalue weighted by molar-refractivity contribution is 0.905. The molecule has 0 aliphatic heterocycles. The van der Waals surface area contributed by atoms with Crippen molar-refractivity contribution in [1.82, 2.24) is 4.98 Å². The molecular weight excluding hydrogens is 214 g/mol. The molecule has 1 aliphatic carbocycles. The smallest absolute Gasteiger partial charge is 0.0935 e. The van der Waals surface area contributed by atoms with E-state index in [1.165, 1.54) is 46.0 Å². The fourth-order valence-corrected chi connectivity index (χ4v) is 3.50. The van der Waals surface area contributed by atoms with Gasteiger partial charge in [-0.3, -0.25) is 0 Å². The molecule has 16 heavy (non-hydrogen) atoms. The number of thiazole rings is 1. The van der Waals surface area contributed by atoms with Gasteiger partial charge in [-0.1, -0.05) is 31.2 Å². The zero-order valence-corrected chi connectivity index (χ0v) is 10.3. The number of rotatable bonds is 2. The van der Waals surface area contributed by atoms with Gasteiger partial charge in [-0.2, -0.15) is 0 Å². The number of aryl methyl sites for hydroxylation is 3. The minimum atomic E-state index is 1.12. The van der Waals surface area contributed by atoms with Gasteiger partial charge in [0.25, 0.3) is 0 Å². The summed E-state index contributed by atoms with van der Waals surface area (Å²) in [5.41, 5.74) is 4.08. The average Bonchev–Trinajstić information content (AvgIpc) is 2.72. The van der Waals surface area contributed by atoms with Crippen molar-refractivity contribution < 1.29 is 0 Å². The third-order valence-electron chi connectivity index (χ3n) is 3.10. The van der Waals surface area contributed by atoms with Gasteiger partial charge < -0.3 is 0 Å². The van der Waals surface area contributed by atoms with Crippen molar-refractivity contribution in [2.45, 2.75) is 32.6 Å². The van der Waals surface area contributed by atoms with Crippen LogP contribution in [0.5, 0.6) is 0 Å². The lowest BCUT2D eigenvalue weighted by Gasteiger charge is -2.13. The van der Waals surface area contributed by atoms with Crippen molar-refractivity contribution in [2.75, 3.05) is 0 Å². The summed E-state index contributed by atoms with van der Waals surface area (Å²) < 4.78 is 0.